The van der Waals surface area contributed by atoms with Crippen LogP contribution in [0.15, 0.2) is 36.5 Å². The van der Waals surface area contributed by atoms with Crippen molar-refractivity contribution in [2.75, 3.05) is 13.1 Å². The predicted octanol–water partition coefficient (Wildman–Crippen LogP) is 4.42. The first-order valence-electron chi connectivity index (χ1n) is 9.50. The molecule has 0 N–H and O–H groups in total. The van der Waals surface area contributed by atoms with Crippen LogP contribution in [0.5, 0.6) is 0 Å². The van der Waals surface area contributed by atoms with Crippen molar-refractivity contribution in [1.82, 2.24) is 14.9 Å². The topological polar surface area (TPSA) is 46.1 Å². The number of carbonyl (C=O) groups is 1. The summed E-state index contributed by atoms with van der Waals surface area (Å²) in [6.07, 6.45) is 5.48. The van der Waals surface area contributed by atoms with Crippen molar-refractivity contribution in [2.45, 2.75) is 45.4 Å². The maximum absolute atomic E-state index is 13.5. The lowest BCUT2D eigenvalue weighted by Gasteiger charge is -2.34. The maximum Gasteiger partial charge on any atom is 0.225 e. The fraction of sp³-hybridized carbons (Fsp3) is 0.476. The van der Waals surface area contributed by atoms with E-state index in [1.54, 1.807) is 12.3 Å². The van der Waals surface area contributed by atoms with Gasteiger partial charge in [-0.1, -0.05) is 26.0 Å². The van der Waals surface area contributed by atoms with Gasteiger partial charge in [-0.2, -0.15) is 0 Å². The third kappa shape index (κ3) is 4.09. The van der Waals surface area contributed by atoms with Crippen molar-refractivity contribution in [1.29, 1.82) is 0 Å². The van der Waals surface area contributed by atoms with Crippen molar-refractivity contribution >= 4 is 5.91 Å². The zero-order valence-corrected chi connectivity index (χ0v) is 15.5. The highest BCUT2D eigenvalue weighted by molar-refractivity contribution is 5.79. The lowest BCUT2D eigenvalue weighted by molar-refractivity contribution is -0.137. The summed E-state index contributed by atoms with van der Waals surface area (Å²) in [5, 5.41) is 0. The van der Waals surface area contributed by atoms with Gasteiger partial charge in [0.15, 0.2) is 5.82 Å². The van der Waals surface area contributed by atoms with Crippen LogP contribution < -0.4 is 0 Å². The summed E-state index contributed by atoms with van der Waals surface area (Å²) in [6, 6.07) is 8.25. The number of aromatic nitrogens is 2. The number of rotatable bonds is 5. The number of benzene rings is 1. The summed E-state index contributed by atoms with van der Waals surface area (Å²) in [7, 11) is 0. The second-order valence-electron chi connectivity index (χ2n) is 6.95. The average Bonchev–Trinajstić information content (AvgIpc) is 2.69. The molecular weight excluding hydrogens is 329 g/mol. The van der Waals surface area contributed by atoms with Gasteiger partial charge in [-0.15, -0.1) is 0 Å². The predicted molar refractivity (Wildman–Crippen MR) is 100 cm³/mol. The zero-order chi connectivity index (χ0) is 18.5. The van der Waals surface area contributed by atoms with Crippen molar-refractivity contribution in [3.63, 3.8) is 0 Å². The fourth-order valence-electron chi connectivity index (χ4n) is 3.68. The van der Waals surface area contributed by atoms with Gasteiger partial charge in [0.2, 0.25) is 5.91 Å². The third-order valence-corrected chi connectivity index (χ3v) is 5.25. The molecule has 1 aromatic heterocycles. The minimum atomic E-state index is -0.295. The maximum atomic E-state index is 13.5. The van der Waals surface area contributed by atoms with E-state index < -0.39 is 0 Å². The van der Waals surface area contributed by atoms with E-state index in [0.717, 1.165) is 37.9 Å². The van der Waals surface area contributed by atoms with E-state index in [0.29, 0.717) is 17.9 Å². The normalized spacial score (nSPS) is 17.5. The van der Waals surface area contributed by atoms with E-state index in [-0.39, 0.29) is 23.6 Å². The fourth-order valence-corrected chi connectivity index (χ4v) is 3.68. The lowest BCUT2D eigenvalue weighted by atomic mass is 9.92. The summed E-state index contributed by atoms with van der Waals surface area (Å²) in [5.74, 6) is 0.819. The highest BCUT2D eigenvalue weighted by Crippen LogP contribution is 2.28. The molecule has 1 aromatic carbocycles. The summed E-state index contributed by atoms with van der Waals surface area (Å²) in [4.78, 5) is 23.7. The Morgan fingerprint density at radius 3 is 2.85 bits per heavy atom. The van der Waals surface area contributed by atoms with Gasteiger partial charge in [0.05, 0.1) is 0 Å². The minimum absolute atomic E-state index is 0.113. The highest BCUT2D eigenvalue weighted by atomic mass is 19.1. The van der Waals surface area contributed by atoms with Gasteiger partial charge < -0.3 is 4.90 Å². The first-order valence-corrected chi connectivity index (χ1v) is 9.50. The van der Waals surface area contributed by atoms with Gasteiger partial charge in [-0.05, 0) is 43.9 Å². The standard InChI is InChI=1S/C21H26FN3O/c1-3-15(4-2)21(26)25-12-6-8-17(14-25)19-10-11-23-20(24-19)16-7-5-9-18(22)13-16/h5,7,9-11,13,15,17H,3-4,6,8,12,14H2,1-2H3/t17-/m0/s1. The molecule has 0 unspecified atom stereocenters. The van der Waals surface area contributed by atoms with E-state index in [9.17, 15) is 9.18 Å². The molecule has 0 saturated carbocycles. The van der Waals surface area contributed by atoms with E-state index in [1.165, 1.54) is 12.1 Å². The van der Waals surface area contributed by atoms with Crippen molar-refractivity contribution in [2.24, 2.45) is 5.92 Å². The SMILES string of the molecule is CCC(CC)C(=O)N1CCC[C@H](c2ccnc(-c3cccc(F)c3)n2)C1. The molecule has 26 heavy (non-hydrogen) atoms. The number of amides is 1. The molecule has 1 amide bonds. The third-order valence-electron chi connectivity index (χ3n) is 5.25. The van der Waals surface area contributed by atoms with Crippen LogP contribution in [0, 0.1) is 11.7 Å². The molecule has 1 aliphatic rings. The number of carbonyl (C=O) groups excluding carboxylic acids is 1. The second kappa shape index (κ2) is 8.39. The van der Waals surface area contributed by atoms with Crippen LogP contribution in [0.25, 0.3) is 11.4 Å². The average molecular weight is 355 g/mol. The quantitative estimate of drug-likeness (QED) is 0.797. The van der Waals surface area contributed by atoms with Gasteiger partial charge in [-0.3, -0.25) is 4.79 Å². The molecule has 0 spiro atoms. The summed E-state index contributed by atoms with van der Waals surface area (Å²) in [6.45, 7) is 5.68. The van der Waals surface area contributed by atoms with Gasteiger partial charge in [0.1, 0.15) is 5.82 Å². The summed E-state index contributed by atoms with van der Waals surface area (Å²) in [5.41, 5.74) is 1.61. The number of hydrogen-bond donors (Lipinski definition) is 0. The molecule has 0 radical (unpaired) electrons. The Labute approximate surface area is 154 Å². The molecule has 1 aliphatic heterocycles. The molecule has 3 rings (SSSR count). The first kappa shape index (κ1) is 18.5. The van der Waals surface area contributed by atoms with Crippen molar-refractivity contribution in [3.05, 3.63) is 48.0 Å². The van der Waals surface area contributed by atoms with E-state index >= 15 is 0 Å². The lowest BCUT2D eigenvalue weighted by Crippen LogP contribution is -2.42. The van der Waals surface area contributed by atoms with Crippen molar-refractivity contribution in [3.8, 4) is 11.4 Å². The van der Waals surface area contributed by atoms with Crippen LogP contribution >= 0.6 is 0 Å². The number of likely N-dealkylation sites (tertiary alicyclic amines) is 1. The van der Waals surface area contributed by atoms with Crippen LogP contribution in [-0.4, -0.2) is 33.9 Å². The van der Waals surface area contributed by atoms with Crippen LogP contribution in [0.3, 0.4) is 0 Å². The molecule has 1 saturated heterocycles. The number of hydrogen-bond acceptors (Lipinski definition) is 3. The summed E-state index contributed by atoms with van der Waals surface area (Å²) >= 11 is 0. The molecule has 1 atom stereocenters. The molecule has 1 fully saturated rings. The van der Waals surface area contributed by atoms with Crippen LogP contribution in [-0.2, 0) is 4.79 Å². The molecule has 5 heteroatoms. The highest BCUT2D eigenvalue weighted by Gasteiger charge is 2.28. The molecular formula is C21H26FN3O. The Bertz CT molecular complexity index is 760. The van der Waals surface area contributed by atoms with Gasteiger partial charge in [0.25, 0.3) is 0 Å². The van der Waals surface area contributed by atoms with E-state index in [2.05, 4.69) is 23.8 Å². The van der Waals surface area contributed by atoms with Crippen LogP contribution in [0.1, 0.15) is 51.1 Å². The molecule has 2 aromatic rings. The van der Waals surface area contributed by atoms with E-state index in [1.807, 2.05) is 17.0 Å². The van der Waals surface area contributed by atoms with Gasteiger partial charge >= 0.3 is 0 Å². The van der Waals surface area contributed by atoms with Gasteiger partial charge in [-0.25, -0.2) is 14.4 Å². The van der Waals surface area contributed by atoms with Gasteiger partial charge in [0, 0.05) is 42.4 Å². The first-order chi connectivity index (χ1) is 12.6. The summed E-state index contributed by atoms with van der Waals surface area (Å²) < 4.78 is 13.5. The number of piperidine rings is 1. The minimum Gasteiger partial charge on any atom is -0.342 e. The zero-order valence-electron chi connectivity index (χ0n) is 15.5. The molecule has 2 heterocycles. The Morgan fingerprint density at radius 1 is 1.31 bits per heavy atom. The van der Waals surface area contributed by atoms with Crippen LogP contribution in [0.4, 0.5) is 4.39 Å². The molecule has 138 valence electrons. The Kier molecular flexibility index (Phi) is 5.96. The van der Waals surface area contributed by atoms with Crippen LogP contribution in [0.2, 0.25) is 0 Å². The largest absolute Gasteiger partial charge is 0.342 e. The molecule has 4 nitrogen and oxygen atoms in total. The van der Waals surface area contributed by atoms with E-state index in [4.69, 9.17) is 0 Å². The smallest absolute Gasteiger partial charge is 0.225 e. The van der Waals surface area contributed by atoms with Crippen molar-refractivity contribution < 1.29 is 9.18 Å². The molecule has 0 bridgehead atoms. The molecule has 0 aliphatic carbocycles. The number of halogens is 1. The Hall–Kier alpha value is -2.30. The Morgan fingerprint density at radius 2 is 2.12 bits per heavy atom. The number of nitrogens with zero attached hydrogens (tertiary/aromatic N) is 3. The Balaban J connectivity index is 1.78. The second-order valence-corrected chi connectivity index (χ2v) is 6.95. The monoisotopic (exact) mass is 355 g/mol.